The molecule has 0 amide bonds. The molecule has 108 valence electrons. The Labute approximate surface area is 123 Å². The highest BCUT2D eigenvalue weighted by Crippen LogP contribution is 2.24. The molecule has 1 aromatic heterocycles. The number of oxazole rings is 1. The number of nitrogens with two attached hydrogens (primary N) is 1. The molecule has 0 saturated carbocycles. The maximum absolute atomic E-state index is 6.17. The fraction of sp³-hybridized carbons (Fsp3) is 0.400. The van der Waals surface area contributed by atoms with Crippen LogP contribution in [0.5, 0.6) is 5.75 Å². The summed E-state index contributed by atoms with van der Waals surface area (Å²) in [4.78, 5) is 4.24. The summed E-state index contributed by atoms with van der Waals surface area (Å²) in [5.74, 6) is 1.59. The van der Waals surface area contributed by atoms with Gasteiger partial charge in [-0.3, -0.25) is 0 Å². The van der Waals surface area contributed by atoms with E-state index >= 15 is 0 Å². The predicted molar refractivity (Wildman–Crippen MR) is 81.1 cm³/mol. The van der Waals surface area contributed by atoms with Crippen LogP contribution >= 0.6 is 11.8 Å². The topological polar surface area (TPSA) is 61.3 Å². The van der Waals surface area contributed by atoms with E-state index in [0.717, 1.165) is 22.8 Å². The predicted octanol–water partition coefficient (Wildman–Crippen LogP) is 3.56. The van der Waals surface area contributed by atoms with Crippen LogP contribution in [0, 0.1) is 6.92 Å². The van der Waals surface area contributed by atoms with Gasteiger partial charge < -0.3 is 14.9 Å². The van der Waals surface area contributed by atoms with Crippen molar-refractivity contribution in [2.24, 2.45) is 5.73 Å². The highest BCUT2D eigenvalue weighted by atomic mass is 32.2. The molecule has 0 aliphatic carbocycles. The van der Waals surface area contributed by atoms with Crippen molar-refractivity contribution >= 4 is 11.8 Å². The fourth-order valence-corrected chi connectivity index (χ4v) is 2.56. The Morgan fingerprint density at radius 1 is 1.30 bits per heavy atom. The van der Waals surface area contributed by atoms with Crippen molar-refractivity contribution in [3.8, 4) is 5.75 Å². The van der Waals surface area contributed by atoms with Crippen LogP contribution in [0.4, 0.5) is 0 Å². The van der Waals surface area contributed by atoms with E-state index in [-0.39, 0.29) is 12.1 Å². The van der Waals surface area contributed by atoms with Crippen molar-refractivity contribution in [2.75, 3.05) is 5.75 Å². The SMILES string of the molecule is Cc1coc(SCC(N)c2ccc(OC(C)C)cc2)n1. The van der Waals surface area contributed by atoms with E-state index < -0.39 is 0 Å². The molecule has 1 atom stereocenters. The number of hydrogen-bond donors (Lipinski definition) is 1. The molecule has 5 heteroatoms. The Morgan fingerprint density at radius 2 is 2.00 bits per heavy atom. The molecule has 0 aliphatic heterocycles. The number of aryl methyl sites for hydroxylation is 1. The molecule has 2 rings (SSSR count). The monoisotopic (exact) mass is 292 g/mol. The van der Waals surface area contributed by atoms with E-state index in [1.54, 1.807) is 6.26 Å². The van der Waals surface area contributed by atoms with Gasteiger partial charge >= 0.3 is 0 Å². The van der Waals surface area contributed by atoms with Crippen molar-refractivity contribution in [2.45, 2.75) is 38.1 Å². The molecule has 1 aromatic carbocycles. The van der Waals surface area contributed by atoms with Crippen molar-refractivity contribution in [1.29, 1.82) is 0 Å². The van der Waals surface area contributed by atoms with Crippen molar-refractivity contribution in [1.82, 2.24) is 4.98 Å². The van der Waals surface area contributed by atoms with Gasteiger partial charge in [-0.05, 0) is 38.5 Å². The molecule has 0 saturated heterocycles. The number of ether oxygens (including phenoxy) is 1. The second-order valence-corrected chi connectivity index (χ2v) is 5.88. The third kappa shape index (κ3) is 4.28. The van der Waals surface area contributed by atoms with E-state index in [0.29, 0.717) is 5.22 Å². The molecule has 0 fully saturated rings. The van der Waals surface area contributed by atoms with Crippen molar-refractivity contribution in [3.63, 3.8) is 0 Å². The van der Waals surface area contributed by atoms with Gasteiger partial charge in [0.15, 0.2) is 0 Å². The number of nitrogens with zero attached hydrogens (tertiary/aromatic N) is 1. The Bertz CT molecular complexity index is 537. The summed E-state index contributed by atoms with van der Waals surface area (Å²) in [6, 6.07) is 7.86. The van der Waals surface area contributed by atoms with E-state index in [2.05, 4.69) is 4.98 Å². The quantitative estimate of drug-likeness (QED) is 0.825. The van der Waals surface area contributed by atoms with Gasteiger partial charge in [0.2, 0.25) is 0 Å². The molecule has 1 heterocycles. The number of aromatic nitrogens is 1. The third-order valence-electron chi connectivity index (χ3n) is 2.66. The first-order chi connectivity index (χ1) is 9.54. The van der Waals surface area contributed by atoms with Crippen LogP contribution in [0.15, 0.2) is 40.2 Å². The van der Waals surface area contributed by atoms with Gasteiger partial charge in [-0.1, -0.05) is 23.9 Å². The van der Waals surface area contributed by atoms with Crippen LogP contribution in [0.25, 0.3) is 0 Å². The number of rotatable bonds is 6. The van der Waals surface area contributed by atoms with Gasteiger partial charge in [-0.2, -0.15) is 0 Å². The zero-order chi connectivity index (χ0) is 14.5. The minimum atomic E-state index is -0.0553. The van der Waals surface area contributed by atoms with E-state index in [4.69, 9.17) is 14.9 Å². The van der Waals surface area contributed by atoms with Gasteiger partial charge in [-0.25, -0.2) is 4.98 Å². The average Bonchev–Trinajstić information content (AvgIpc) is 2.82. The molecule has 0 aliphatic rings. The molecule has 2 N–H and O–H groups in total. The van der Waals surface area contributed by atoms with Gasteiger partial charge in [0.25, 0.3) is 5.22 Å². The standard InChI is InChI=1S/C15H20N2O2S/c1-10(2)19-13-6-4-12(5-7-13)14(16)9-20-15-17-11(3)8-18-15/h4-8,10,14H,9,16H2,1-3H3. The summed E-state index contributed by atoms with van der Waals surface area (Å²) in [7, 11) is 0. The van der Waals surface area contributed by atoms with Crippen LogP contribution in [-0.4, -0.2) is 16.8 Å². The highest BCUT2D eigenvalue weighted by Gasteiger charge is 2.10. The summed E-state index contributed by atoms with van der Waals surface area (Å²) >= 11 is 1.53. The lowest BCUT2D eigenvalue weighted by atomic mass is 10.1. The zero-order valence-electron chi connectivity index (χ0n) is 12.0. The minimum Gasteiger partial charge on any atom is -0.491 e. The van der Waals surface area contributed by atoms with E-state index in [1.807, 2.05) is 45.0 Å². The Kier molecular flexibility index (Phi) is 5.09. The number of hydrogen-bond acceptors (Lipinski definition) is 5. The van der Waals surface area contributed by atoms with Crippen molar-refractivity contribution in [3.05, 3.63) is 41.8 Å². The summed E-state index contributed by atoms with van der Waals surface area (Å²) in [6.07, 6.45) is 1.82. The van der Waals surface area contributed by atoms with Crippen LogP contribution in [0.3, 0.4) is 0 Å². The lowest BCUT2D eigenvalue weighted by Gasteiger charge is -2.13. The van der Waals surface area contributed by atoms with Gasteiger partial charge in [-0.15, -0.1) is 0 Å². The number of thioether (sulfide) groups is 1. The molecule has 1 unspecified atom stereocenters. The summed E-state index contributed by atoms with van der Waals surface area (Å²) in [6.45, 7) is 5.92. The van der Waals surface area contributed by atoms with Gasteiger partial charge in [0.05, 0.1) is 11.8 Å². The summed E-state index contributed by atoms with van der Waals surface area (Å²) in [5, 5.41) is 0.665. The largest absolute Gasteiger partial charge is 0.491 e. The molecular weight excluding hydrogens is 272 g/mol. The number of benzene rings is 1. The zero-order valence-corrected chi connectivity index (χ0v) is 12.8. The molecular formula is C15H20N2O2S. The lowest BCUT2D eigenvalue weighted by Crippen LogP contribution is -2.13. The normalized spacial score (nSPS) is 12.7. The highest BCUT2D eigenvalue weighted by molar-refractivity contribution is 7.99. The third-order valence-corrected chi connectivity index (χ3v) is 3.62. The second-order valence-electron chi connectivity index (χ2n) is 4.91. The maximum Gasteiger partial charge on any atom is 0.255 e. The van der Waals surface area contributed by atoms with Crippen LogP contribution in [0.2, 0.25) is 0 Å². The lowest BCUT2D eigenvalue weighted by molar-refractivity contribution is 0.242. The van der Waals surface area contributed by atoms with Gasteiger partial charge in [0, 0.05) is 11.8 Å². The molecule has 20 heavy (non-hydrogen) atoms. The molecule has 2 aromatic rings. The van der Waals surface area contributed by atoms with Crippen molar-refractivity contribution < 1.29 is 9.15 Å². The first-order valence-electron chi connectivity index (χ1n) is 6.61. The molecule has 0 radical (unpaired) electrons. The molecule has 0 bridgehead atoms. The van der Waals surface area contributed by atoms with Gasteiger partial charge in [0.1, 0.15) is 12.0 Å². The summed E-state index contributed by atoms with van der Waals surface area (Å²) < 4.78 is 10.9. The molecule has 0 spiro atoms. The van der Waals surface area contributed by atoms with Crippen LogP contribution < -0.4 is 10.5 Å². The maximum atomic E-state index is 6.17. The Balaban J connectivity index is 1.90. The average molecular weight is 292 g/mol. The first kappa shape index (κ1) is 14.9. The second kappa shape index (κ2) is 6.81. The first-order valence-corrected chi connectivity index (χ1v) is 7.60. The van der Waals surface area contributed by atoms with Crippen LogP contribution in [-0.2, 0) is 0 Å². The smallest absolute Gasteiger partial charge is 0.255 e. The Morgan fingerprint density at radius 3 is 2.55 bits per heavy atom. The van der Waals surface area contributed by atoms with Crippen LogP contribution in [0.1, 0.15) is 31.1 Å². The fourth-order valence-electron chi connectivity index (χ4n) is 1.72. The minimum absolute atomic E-state index is 0.0553. The summed E-state index contributed by atoms with van der Waals surface area (Å²) in [5.41, 5.74) is 8.14. The molecule has 4 nitrogen and oxygen atoms in total. The van der Waals surface area contributed by atoms with E-state index in [1.165, 1.54) is 11.8 Å². The van der Waals surface area contributed by atoms with E-state index in [9.17, 15) is 0 Å². The Hall–Kier alpha value is -1.46.